The van der Waals surface area contributed by atoms with E-state index in [-0.39, 0.29) is 4.90 Å². The minimum atomic E-state index is -3.78. The lowest BCUT2D eigenvalue weighted by molar-refractivity contribution is 0.485. The first kappa shape index (κ1) is 15.6. The maximum absolute atomic E-state index is 12.2. The normalized spacial score (nSPS) is 11.6. The molecule has 0 saturated heterocycles. The lowest BCUT2D eigenvalue weighted by Crippen LogP contribution is -2.10. The van der Waals surface area contributed by atoms with Gasteiger partial charge >= 0.3 is 10.1 Å². The van der Waals surface area contributed by atoms with E-state index in [1.807, 2.05) is 19.1 Å². The summed E-state index contributed by atoms with van der Waals surface area (Å²) in [5, 5.41) is 0. The molecule has 0 aliphatic heterocycles. The molecule has 112 valence electrons. The fraction of sp³-hybridized carbons (Fsp3) is 0.294. The Hall–Kier alpha value is -1.81. The second-order valence-electron chi connectivity index (χ2n) is 5.60. The molecule has 0 amide bonds. The summed E-state index contributed by atoms with van der Waals surface area (Å²) in [6, 6.07) is 13.9. The summed E-state index contributed by atoms with van der Waals surface area (Å²) in [5.74, 6) is 0.864. The van der Waals surface area contributed by atoms with Crippen molar-refractivity contribution in [2.45, 2.75) is 32.1 Å². The highest BCUT2D eigenvalue weighted by atomic mass is 32.2. The van der Waals surface area contributed by atoms with Gasteiger partial charge in [-0.05, 0) is 49.1 Å². The first-order valence-electron chi connectivity index (χ1n) is 6.97. The Morgan fingerprint density at radius 3 is 2.33 bits per heavy atom. The zero-order valence-corrected chi connectivity index (χ0v) is 13.4. The molecule has 0 fully saturated rings. The number of hydrogen-bond donors (Lipinski definition) is 0. The highest BCUT2D eigenvalue weighted by Gasteiger charge is 2.16. The van der Waals surface area contributed by atoms with Gasteiger partial charge in [0.2, 0.25) is 0 Å². The predicted octanol–water partition coefficient (Wildman–Crippen LogP) is 3.96. The van der Waals surface area contributed by atoms with Gasteiger partial charge in [0.15, 0.2) is 0 Å². The van der Waals surface area contributed by atoms with E-state index in [4.69, 9.17) is 4.18 Å². The molecular formula is C17H20O3S. The van der Waals surface area contributed by atoms with Crippen molar-refractivity contribution in [3.63, 3.8) is 0 Å². The standard InChI is InChI=1S/C17H20O3S/c1-13(2)11-15-5-4-6-16(12-15)20-21(18,19)17-9-7-14(3)8-10-17/h4-10,12-13H,11H2,1-3H3. The highest BCUT2D eigenvalue weighted by Crippen LogP contribution is 2.21. The molecule has 0 heterocycles. The molecule has 0 saturated carbocycles. The minimum Gasteiger partial charge on any atom is -0.379 e. The van der Waals surface area contributed by atoms with Crippen LogP contribution in [0.2, 0.25) is 0 Å². The number of hydrogen-bond acceptors (Lipinski definition) is 3. The zero-order valence-electron chi connectivity index (χ0n) is 12.5. The Labute approximate surface area is 126 Å². The third-order valence-electron chi connectivity index (χ3n) is 3.06. The molecule has 2 aromatic rings. The second-order valence-corrected chi connectivity index (χ2v) is 7.14. The van der Waals surface area contributed by atoms with E-state index < -0.39 is 10.1 Å². The summed E-state index contributed by atoms with van der Waals surface area (Å²) in [7, 11) is -3.78. The van der Waals surface area contributed by atoms with Crippen LogP contribution in [0.15, 0.2) is 53.4 Å². The van der Waals surface area contributed by atoms with Crippen molar-refractivity contribution in [1.29, 1.82) is 0 Å². The topological polar surface area (TPSA) is 43.4 Å². The molecule has 0 spiro atoms. The van der Waals surface area contributed by atoms with Gasteiger partial charge in [0.05, 0.1) is 0 Å². The average Bonchev–Trinajstić information content (AvgIpc) is 2.38. The van der Waals surface area contributed by atoms with Gasteiger partial charge in [-0.1, -0.05) is 43.7 Å². The van der Waals surface area contributed by atoms with Crippen LogP contribution in [-0.2, 0) is 16.5 Å². The van der Waals surface area contributed by atoms with E-state index in [0.29, 0.717) is 11.7 Å². The Balaban J connectivity index is 2.22. The molecule has 2 rings (SSSR count). The molecule has 0 N–H and O–H groups in total. The first-order valence-corrected chi connectivity index (χ1v) is 8.38. The molecule has 21 heavy (non-hydrogen) atoms. The van der Waals surface area contributed by atoms with Crippen molar-refractivity contribution in [3.05, 3.63) is 59.7 Å². The summed E-state index contributed by atoms with van der Waals surface area (Å²) in [4.78, 5) is 0.169. The van der Waals surface area contributed by atoms with Crippen LogP contribution in [0, 0.1) is 12.8 Å². The summed E-state index contributed by atoms with van der Waals surface area (Å²) < 4.78 is 29.7. The van der Waals surface area contributed by atoms with Crippen LogP contribution in [0.4, 0.5) is 0 Å². The Kier molecular flexibility index (Phi) is 4.68. The van der Waals surface area contributed by atoms with Crippen molar-refractivity contribution >= 4 is 10.1 Å². The van der Waals surface area contributed by atoms with Gasteiger partial charge in [0, 0.05) is 0 Å². The summed E-state index contributed by atoms with van der Waals surface area (Å²) >= 11 is 0. The summed E-state index contributed by atoms with van der Waals surface area (Å²) in [6.07, 6.45) is 0.891. The highest BCUT2D eigenvalue weighted by molar-refractivity contribution is 7.87. The van der Waals surface area contributed by atoms with Crippen LogP contribution in [-0.4, -0.2) is 8.42 Å². The van der Waals surface area contributed by atoms with Crippen molar-refractivity contribution < 1.29 is 12.6 Å². The van der Waals surface area contributed by atoms with Gasteiger partial charge in [-0.15, -0.1) is 0 Å². The smallest absolute Gasteiger partial charge is 0.339 e. The molecule has 2 aromatic carbocycles. The Morgan fingerprint density at radius 2 is 1.71 bits per heavy atom. The molecule has 0 radical (unpaired) electrons. The van der Waals surface area contributed by atoms with Gasteiger partial charge < -0.3 is 4.18 Å². The van der Waals surface area contributed by atoms with Crippen molar-refractivity contribution in [1.82, 2.24) is 0 Å². The van der Waals surface area contributed by atoms with E-state index in [1.165, 1.54) is 0 Å². The van der Waals surface area contributed by atoms with Gasteiger partial charge in [-0.3, -0.25) is 0 Å². The molecule has 0 bridgehead atoms. The number of benzene rings is 2. The third-order valence-corrected chi connectivity index (χ3v) is 4.32. The van der Waals surface area contributed by atoms with Gasteiger partial charge in [-0.2, -0.15) is 8.42 Å². The van der Waals surface area contributed by atoms with Crippen molar-refractivity contribution in [2.75, 3.05) is 0 Å². The monoisotopic (exact) mass is 304 g/mol. The lowest BCUT2D eigenvalue weighted by atomic mass is 10.0. The Bertz CT molecular complexity index is 701. The Morgan fingerprint density at radius 1 is 1.05 bits per heavy atom. The van der Waals surface area contributed by atoms with Crippen LogP contribution in [0.5, 0.6) is 5.75 Å². The van der Waals surface area contributed by atoms with E-state index in [2.05, 4.69) is 13.8 Å². The van der Waals surface area contributed by atoms with Crippen LogP contribution < -0.4 is 4.18 Å². The maximum Gasteiger partial charge on any atom is 0.339 e. The van der Waals surface area contributed by atoms with E-state index in [0.717, 1.165) is 17.5 Å². The van der Waals surface area contributed by atoms with E-state index in [9.17, 15) is 8.42 Å². The largest absolute Gasteiger partial charge is 0.379 e. The van der Waals surface area contributed by atoms with Crippen LogP contribution in [0.25, 0.3) is 0 Å². The number of rotatable bonds is 5. The van der Waals surface area contributed by atoms with Crippen LogP contribution >= 0.6 is 0 Å². The summed E-state index contributed by atoms with van der Waals surface area (Å²) in [5.41, 5.74) is 2.08. The molecule has 3 nitrogen and oxygen atoms in total. The van der Waals surface area contributed by atoms with Crippen LogP contribution in [0.1, 0.15) is 25.0 Å². The molecule has 0 aliphatic rings. The first-order chi connectivity index (χ1) is 9.87. The molecule has 4 heteroatoms. The predicted molar refractivity (Wildman–Crippen MR) is 84.0 cm³/mol. The van der Waals surface area contributed by atoms with Gasteiger partial charge in [0.25, 0.3) is 0 Å². The molecule has 0 unspecified atom stereocenters. The SMILES string of the molecule is Cc1ccc(S(=O)(=O)Oc2cccc(CC(C)C)c2)cc1. The van der Waals surface area contributed by atoms with E-state index in [1.54, 1.807) is 36.4 Å². The zero-order chi connectivity index (χ0) is 15.5. The molecule has 0 atom stereocenters. The van der Waals surface area contributed by atoms with Crippen molar-refractivity contribution in [2.24, 2.45) is 5.92 Å². The maximum atomic E-state index is 12.2. The fourth-order valence-corrected chi connectivity index (χ4v) is 3.00. The molecular weight excluding hydrogens is 284 g/mol. The quantitative estimate of drug-likeness (QED) is 0.785. The van der Waals surface area contributed by atoms with E-state index >= 15 is 0 Å². The minimum absolute atomic E-state index is 0.169. The van der Waals surface area contributed by atoms with Gasteiger partial charge in [0.1, 0.15) is 10.6 Å². The molecule has 0 aromatic heterocycles. The summed E-state index contributed by atoms with van der Waals surface area (Å²) in [6.45, 7) is 6.15. The fourth-order valence-electron chi connectivity index (χ4n) is 2.08. The van der Waals surface area contributed by atoms with Crippen molar-refractivity contribution in [3.8, 4) is 5.75 Å². The second kappa shape index (κ2) is 6.31. The van der Waals surface area contributed by atoms with Gasteiger partial charge in [-0.25, -0.2) is 0 Å². The number of aryl methyl sites for hydroxylation is 1. The lowest BCUT2D eigenvalue weighted by Gasteiger charge is -2.10. The third kappa shape index (κ3) is 4.33. The average molecular weight is 304 g/mol. The molecule has 0 aliphatic carbocycles. The van der Waals surface area contributed by atoms with Crippen LogP contribution in [0.3, 0.4) is 0 Å².